The molecule has 0 bridgehead atoms. The minimum Gasteiger partial charge on any atom is -0.492 e. The molecule has 6 aromatic carbocycles. The second-order valence-corrected chi connectivity index (χ2v) is 22.6. The molecule has 4 atom stereocenters. The van der Waals surface area contributed by atoms with E-state index in [0.717, 1.165) is 91.9 Å². The van der Waals surface area contributed by atoms with Crippen molar-refractivity contribution in [2.24, 2.45) is 0 Å². The summed E-state index contributed by atoms with van der Waals surface area (Å²) in [6, 6.07) is 45.9. The van der Waals surface area contributed by atoms with Crippen LogP contribution in [0.2, 0.25) is 0 Å². The van der Waals surface area contributed by atoms with Crippen molar-refractivity contribution in [1.82, 2.24) is 0 Å². The van der Waals surface area contributed by atoms with Gasteiger partial charge in [-0.05, 0) is 119 Å². The number of ether oxygens (including phenoxy) is 10. The molecule has 0 radical (unpaired) electrons. The third-order valence-electron chi connectivity index (χ3n) is 15.1. The van der Waals surface area contributed by atoms with Gasteiger partial charge in [0.25, 0.3) is 10.1 Å². The summed E-state index contributed by atoms with van der Waals surface area (Å²) in [5, 5.41) is 8.94. The van der Waals surface area contributed by atoms with Crippen LogP contribution in [0, 0.1) is 0 Å². The van der Waals surface area contributed by atoms with E-state index >= 15 is 0 Å². The molecule has 6 aromatic rings. The van der Waals surface area contributed by atoms with Crippen molar-refractivity contribution >= 4 is 10.1 Å². The summed E-state index contributed by atoms with van der Waals surface area (Å²) < 4.78 is 82.7. The highest BCUT2D eigenvalue weighted by Crippen LogP contribution is 2.51. The van der Waals surface area contributed by atoms with E-state index in [0.29, 0.717) is 44.7 Å². The molecule has 0 spiro atoms. The molecular formula is C65H82O14S. The lowest BCUT2D eigenvalue weighted by atomic mass is 9.66. The topological polar surface area (TPSA) is 156 Å². The lowest BCUT2D eigenvalue weighted by molar-refractivity contribution is 0.0505. The van der Waals surface area contributed by atoms with Crippen molar-refractivity contribution in [2.45, 2.75) is 101 Å². The fourth-order valence-electron chi connectivity index (χ4n) is 10.8. The van der Waals surface area contributed by atoms with E-state index in [1.807, 2.05) is 48.5 Å². The van der Waals surface area contributed by atoms with E-state index in [1.165, 1.54) is 38.9 Å². The molecule has 0 saturated carbocycles. The molecule has 15 heteroatoms. The van der Waals surface area contributed by atoms with Crippen LogP contribution in [0.1, 0.15) is 109 Å². The molecule has 0 aromatic heterocycles. The Morgan fingerprint density at radius 2 is 0.887 bits per heavy atom. The van der Waals surface area contributed by atoms with Crippen LogP contribution in [0.25, 0.3) is 0 Å². The van der Waals surface area contributed by atoms with Crippen molar-refractivity contribution < 1.29 is 65.1 Å². The lowest BCUT2D eigenvalue weighted by Gasteiger charge is -2.43. The van der Waals surface area contributed by atoms with Crippen molar-refractivity contribution in [2.75, 3.05) is 87.9 Å². The minimum atomic E-state index is -3.46. The second kappa shape index (κ2) is 30.6. The molecule has 0 saturated heterocycles. The zero-order chi connectivity index (χ0) is 56.8. The number of aryl methyl sites for hydroxylation is 2. The minimum absolute atomic E-state index is 0.00632. The van der Waals surface area contributed by atoms with Gasteiger partial charge in [-0.3, -0.25) is 4.18 Å². The third-order valence-corrected chi connectivity index (χ3v) is 15.7. The van der Waals surface area contributed by atoms with E-state index in [2.05, 4.69) is 98.8 Å². The van der Waals surface area contributed by atoms with Gasteiger partial charge in [-0.15, -0.1) is 0 Å². The van der Waals surface area contributed by atoms with Crippen LogP contribution in [-0.2, 0) is 70.1 Å². The summed E-state index contributed by atoms with van der Waals surface area (Å²) in [5.74, 6) is 5.33. The summed E-state index contributed by atoms with van der Waals surface area (Å²) in [4.78, 5) is 0. The highest BCUT2D eigenvalue weighted by Gasteiger charge is 2.43. The van der Waals surface area contributed by atoms with Crippen molar-refractivity contribution in [3.05, 3.63) is 178 Å². The largest absolute Gasteiger partial charge is 0.492 e. The highest BCUT2D eigenvalue weighted by molar-refractivity contribution is 7.85. The zero-order valence-corrected chi connectivity index (χ0v) is 48.6. The van der Waals surface area contributed by atoms with Gasteiger partial charge in [0.05, 0.1) is 39.3 Å². The predicted molar refractivity (Wildman–Crippen MR) is 310 cm³/mol. The smallest absolute Gasteiger partial charge is 0.264 e. The van der Waals surface area contributed by atoms with E-state index in [-0.39, 0.29) is 50.2 Å². The molecule has 0 fully saturated rings. The van der Waals surface area contributed by atoms with Crippen LogP contribution in [0.4, 0.5) is 0 Å². The summed E-state index contributed by atoms with van der Waals surface area (Å²) in [6.07, 6.45) is 9.39. The molecule has 80 heavy (non-hydrogen) atoms. The van der Waals surface area contributed by atoms with Crippen LogP contribution in [0.5, 0.6) is 34.5 Å². The summed E-state index contributed by atoms with van der Waals surface area (Å²) in [7, 11) is 3.21. The lowest BCUT2D eigenvalue weighted by Crippen LogP contribution is -2.40. The van der Waals surface area contributed by atoms with Gasteiger partial charge in [0.1, 0.15) is 54.3 Å². The quantitative estimate of drug-likeness (QED) is 0.0258. The zero-order valence-electron chi connectivity index (χ0n) is 47.7. The molecule has 0 aliphatic carbocycles. The third kappa shape index (κ3) is 17.4. The van der Waals surface area contributed by atoms with Gasteiger partial charge in [0.2, 0.25) is 0 Å². The molecule has 2 aliphatic rings. The first-order chi connectivity index (χ1) is 38.8. The van der Waals surface area contributed by atoms with E-state index in [4.69, 9.17) is 56.7 Å². The Balaban J connectivity index is 0.000000232. The molecule has 432 valence electrons. The number of rotatable bonds is 30. The maximum atomic E-state index is 11.1. The van der Waals surface area contributed by atoms with Crippen LogP contribution in [-0.4, -0.2) is 101 Å². The van der Waals surface area contributed by atoms with Crippen LogP contribution >= 0.6 is 0 Å². The Morgan fingerprint density at radius 1 is 0.487 bits per heavy atom. The number of benzene rings is 6. The number of methoxy groups -OCH3 is 4. The summed E-state index contributed by atoms with van der Waals surface area (Å²) in [5.41, 5.74) is 9.49. The number of hydrogen-bond acceptors (Lipinski definition) is 14. The summed E-state index contributed by atoms with van der Waals surface area (Å²) in [6.45, 7) is 7.94. The Morgan fingerprint density at radius 3 is 1.27 bits per heavy atom. The van der Waals surface area contributed by atoms with Gasteiger partial charge >= 0.3 is 0 Å². The maximum Gasteiger partial charge on any atom is 0.264 e. The first kappa shape index (κ1) is 61.4. The number of unbranched alkanes of at least 4 members (excludes halogenated alkanes) is 2. The maximum absolute atomic E-state index is 11.1. The second-order valence-electron chi connectivity index (χ2n) is 21.0. The van der Waals surface area contributed by atoms with E-state index < -0.39 is 10.1 Å². The predicted octanol–water partition coefficient (Wildman–Crippen LogP) is 12.1. The molecule has 8 rings (SSSR count). The van der Waals surface area contributed by atoms with Crippen molar-refractivity contribution in [3.8, 4) is 34.5 Å². The summed E-state index contributed by atoms with van der Waals surface area (Å²) >= 11 is 0. The molecule has 4 unspecified atom stereocenters. The molecule has 14 nitrogen and oxygen atoms in total. The van der Waals surface area contributed by atoms with Crippen LogP contribution < -0.4 is 28.4 Å². The van der Waals surface area contributed by atoms with Gasteiger partial charge in [-0.25, -0.2) is 0 Å². The van der Waals surface area contributed by atoms with Gasteiger partial charge < -0.3 is 52.5 Å². The standard InChI is InChI=1S/C33H42O8S.C32H40O6/c1-33(27-13-9-26(10-14-27)22-36-2)23-39-32-21-29(40-24-37-3)17-18-30(32)31(33)8-6-5-7-25-11-15-28(16-12-25)38-19-20-41-42(4,34)35;1-32(26-12-8-25(9-13-26)21-34-2)22-37-31-20-28(38-23-35-3)16-17-29(31)30(32)7-5-4-6-24-10-14-27(15-11-24)36-19-18-33/h9-18,21,31H,5-8,19-20,22-24H2,1-4H3;8-17,20,30,33H,4-7,18-19,21-23H2,1-3H3. The average Bonchev–Trinajstić information content (AvgIpc) is 3.60. The molecule has 2 heterocycles. The first-order valence-corrected chi connectivity index (χ1v) is 29.4. The van der Waals surface area contributed by atoms with E-state index in [9.17, 15) is 8.42 Å². The van der Waals surface area contributed by atoms with E-state index in [1.54, 1.807) is 28.4 Å². The molecule has 0 amide bonds. The fourth-order valence-corrected chi connectivity index (χ4v) is 11.2. The Hall–Kier alpha value is -6.17. The Bertz CT molecular complexity index is 2900. The Kier molecular flexibility index (Phi) is 23.5. The molecule has 2 aliphatic heterocycles. The normalized spacial score (nSPS) is 18.4. The first-order valence-electron chi connectivity index (χ1n) is 27.6. The number of aliphatic hydroxyl groups excluding tert-OH is 1. The SMILES string of the molecule is COCOc1ccc2c(c1)OCC(C)(c1ccc(COC)cc1)C2CCCCc1ccc(OCCO)cc1.COCOc1ccc2c(c1)OCC(C)(c1ccc(COC)cc1)C2CCCCc1ccc(OCCOS(C)(=O)=O)cc1. The van der Waals surface area contributed by atoms with Crippen molar-refractivity contribution in [3.63, 3.8) is 0 Å². The Labute approximate surface area is 474 Å². The molecular weight excluding hydrogens is 1040 g/mol. The number of fused-ring (bicyclic) bond motifs is 2. The average molecular weight is 1120 g/mol. The fraction of sp³-hybridized carbons (Fsp3) is 0.446. The van der Waals surface area contributed by atoms with Gasteiger partial charge in [0, 0.05) is 63.2 Å². The number of aliphatic hydroxyl groups is 1. The van der Waals surface area contributed by atoms with Crippen molar-refractivity contribution in [1.29, 1.82) is 0 Å². The van der Waals surface area contributed by atoms with Crippen LogP contribution in [0.15, 0.2) is 133 Å². The van der Waals surface area contributed by atoms with Gasteiger partial charge in [0.15, 0.2) is 13.6 Å². The van der Waals surface area contributed by atoms with Crippen LogP contribution in [0.3, 0.4) is 0 Å². The monoisotopic (exact) mass is 1120 g/mol. The van der Waals surface area contributed by atoms with Gasteiger partial charge in [-0.2, -0.15) is 8.42 Å². The molecule has 1 N–H and O–H groups in total. The van der Waals surface area contributed by atoms with Gasteiger partial charge in [-0.1, -0.05) is 112 Å². The highest BCUT2D eigenvalue weighted by atomic mass is 32.2. The number of hydrogen-bond donors (Lipinski definition) is 1.